The lowest BCUT2D eigenvalue weighted by Gasteiger charge is -2.17. The van der Waals surface area contributed by atoms with Gasteiger partial charge >= 0.3 is 0 Å². The maximum atomic E-state index is 11.9. The molecule has 1 aromatic carbocycles. The molecule has 6 nitrogen and oxygen atoms in total. The van der Waals surface area contributed by atoms with Gasteiger partial charge in [-0.15, -0.1) is 0 Å². The minimum absolute atomic E-state index is 0.0955. The molecule has 118 valence electrons. The van der Waals surface area contributed by atoms with Crippen LogP contribution >= 0.6 is 0 Å². The zero-order valence-corrected chi connectivity index (χ0v) is 13.2. The van der Waals surface area contributed by atoms with Gasteiger partial charge in [0.15, 0.2) is 11.5 Å². The summed E-state index contributed by atoms with van der Waals surface area (Å²) >= 11 is 0. The molecule has 2 atom stereocenters. The fourth-order valence-corrected chi connectivity index (χ4v) is 1.81. The molecule has 0 bridgehead atoms. The van der Waals surface area contributed by atoms with Crippen molar-refractivity contribution in [1.29, 1.82) is 0 Å². The molecule has 0 saturated carbocycles. The molecule has 6 heteroatoms. The highest BCUT2D eigenvalue weighted by Crippen LogP contribution is 2.34. The Kier molecular flexibility index (Phi) is 6.30. The van der Waals surface area contributed by atoms with Crippen LogP contribution in [0.25, 0.3) is 0 Å². The Labute approximate surface area is 125 Å². The smallest absolute Gasteiger partial charge is 0.224 e. The highest BCUT2D eigenvalue weighted by molar-refractivity contribution is 5.79. The van der Waals surface area contributed by atoms with Crippen molar-refractivity contribution in [3.8, 4) is 17.2 Å². The van der Waals surface area contributed by atoms with Crippen molar-refractivity contribution in [2.45, 2.75) is 26.4 Å². The normalized spacial score (nSPS) is 13.2. The predicted octanol–water partition coefficient (Wildman–Crippen LogP) is 1.31. The average Bonchev–Trinajstić information content (AvgIpc) is 2.50. The van der Waals surface area contributed by atoms with Crippen molar-refractivity contribution in [3.05, 3.63) is 17.7 Å². The van der Waals surface area contributed by atoms with Crippen LogP contribution in [0, 0.1) is 5.92 Å². The second kappa shape index (κ2) is 7.73. The van der Waals surface area contributed by atoms with E-state index in [2.05, 4.69) is 5.32 Å². The number of methoxy groups -OCH3 is 3. The summed E-state index contributed by atoms with van der Waals surface area (Å²) in [5.74, 6) is 1.44. The second-order valence-electron chi connectivity index (χ2n) is 4.88. The Balaban J connectivity index is 2.90. The Morgan fingerprint density at radius 3 is 2.10 bits per heavy atom. The molecule has 0 spiro atoms. The third-order valence-corrected chi connectivity index (χ3v) is 3.44. The van der Waals surface area contributed by atoms with Crippen molar-refractivity contribution in [3.63, 3.8) is 0 Å². The van der Waals surface area contributed by atoms with E-state index in [1.807, 2.05) is 0 Å². The summed E-state index contributed by atoms with van der Waals surface area (Å²) < 4.78 is 15.8. The molecule has 0 aliphatic heterocycles. The van der Waals surface area contributed by atoms with E-state index >= 15 is 0 Å². The van der Waals surface area contributed by atoms with Gasteiger partial charge in [-0.05, 0) is 13.0 Å². The van der Waals surface area contributed by atoms with Gasteiger partial charge in [-0.3, -0.25) is 4.79 Å². The monoisotopic (exact) mass is 296 g/mol. The van der Waals surface area contributed by atoms with Gasteiger partial charge in [-0.2, -0.15) is 0 Å². The molecule has 0 radical (unpaired) electrons. The number of nitrogens with one attached hydrogen (secondary N) is 1. The van der Waals surface area contributed by atoms with E-state index in [-0.39, 0.29) is 17.9 Å². The van der Waals surface area contributed by atoms with Gasteiger partial charge in [0.1, 0.15) is 5.75 Å². The SMILES string of the molecule is COc1cc(OC)c(OC)cc1CNC(=O)C(C)C(C)N. The van der Waals surface area contributed by atoms with Gasteiger partial charge in [0.2, 0.25) is 5.91 Å². The molecule has 1 rings (SSSR count). The molecule has 0 aromatic heterocycles. The largest absolute Gasteiger partial charge is 0.496 e. The van der Waals surface area contributed by atoms with Gasteiger partial charge in [-0.25, -0.2) is 0 Å². The number of hydrogen-bond donors (Lipinski definition) is 2. The molecule has 1 aromatic rings. The number of ether oxygens (including phenoxy) is 3. The summed E-state index contributed by atoms with van der Waals surface area (Å²) in [4.78, 5) is 11.9. The van der Waals surface area contributed by atoms with Crippen LogP contribution in [-0.4, -0.2) is 33.3 Å². The first-order valence-corrected chi connectivity index (χ1v) is 6.76. The van der Waals surface area contributed by atoms with E-state index in [0.717, 1.165) is 5.56 Å². The van der Waals surface area contributed by atoms with Crippen molar-refractivity contribution in [2.24, 2.45) is 11.7 Å². The lowest BCUT2D eigenvalue weighted by atomic mass is 10.0. The van der Waals surface area contributed by atoms with Crippen molar-refractivity contribution in [1.82, 2.24) is 5.32 Å². The van der Waals surface area contributed by atoms with Crippen LogP contribution in [0.2, 0.25) is 0 Å². The number of rotatable bonds is 7. The number of amides is 1. The maximum absolute atomic E-state index is 11.9. The summed E-state index contributed by atoms with van der Waals surface area (Å²) in [6.07, 6.45) is 0. The van der Waals surface area contributed by atoms with Crippen molar-refractivity contribution < 1.29 is 19.0 Å². The molecular formula is C15H24N2O4. The molecule has 0 saturated heterocycles. The van der Waals surface area contributed by atoms with Crippen molar-refractivity contribution in [2.75, 3.05) is 21.3 Å². The first kappa shape index (κ1) is 17.1. The third kappa shape index (κ3) is 4.26. The first-order chi connectivity index (χ1) is 9.94. The number of benzene rings is 1. The highest BCUT2D eigenvalue weighted by Gasteiger charge is 2.18. The fourth-order valence-electron chi connectivity index (χ4n) is 1.81. The van der Waals surface area contributed by atoms with E-state index in [4.69, 9.17) is 19.9 Å². The van der Waals surface area contributed by atoms with Crippen LogP contribution in [0.4, 0.5) is 0 Å². The number of nitrogens with two attached hydrogens (primary N) is 1. The molecule has 1 amide bonds. The van der Waals surface area contributed by atoms with Crippen molar-refractivity contribution >= 4 is 5.91 Å². The molecule has 21 heavy (non-hydrogen) atoms. The Morgan fingerprint density at radius 2 is 1.62 bits per heavy atom. The van der Waals surface area contributed by atoms with E-state index in [9.17, 15) is 4.79 Å². The van der Waals surface area contributed by atoms with Crippen LogP contribution in [0.1, 0.15) is 19.4 Å². The zero-order valence-electron chi connectivity index (χ0n) is 13.2. The number of carbonyl (C=O) groups is 1. The summed E-state index contributed by atoms with van der Waals surface area (Å²) in [5, 5.41) is 2.85. The van der Waals surface area contributed by atoms with E-state index < -0.39 is 0 Å². The van der Waals surface area contributed by atoms with Crippen LogP contribution in [0.15, 0.2) is 12.1 Å². The lowest BCUT2D eigenvalue weighted by Crippen LogP contribution is -2.38. The van der Waals surface area contributed by atoms with Crippen LogP contribution < -0.4 is 25.3 Å². The molecular weight excluding hydrogens is 272 g/mol. The molecule has 0 fully saturated rings. The van der Waals surface area contributed by atoms with Gasteiger partial charge in [0, 0.05) is 30.1 Å². The Bertz CT molecular complexity index is 489. The highest BCUT2D eigenvalue weighted by atomic mass is 16.5. The molecule has 2 unspecified atom stereocenters. The topological polar surface area (TPSA) is 82.8 Å². The first-order valence-electron chi connectivity index (χ1n) is 6.76. The minimum atomic E-state index is -0.254. The Hall–Kier alpha value is -1.95. The zero-order chi connectivity index (χ0) is 16.0. The molecule has 3 N–H and O–H groups in total. The summed E-state index contributed by atoms with van der Waals surface area (Å²) in [7, 11) is 4.69. The van der Waals surface area contributed by atoms with Gasteiger partial charge in [0.25, 0.3) is 0 Å². The third-order valence-electron chi connectivity index (χ3n) is 3.44. The van der Waals surface area contributed by atoms with E-state index in [0.29, 0.717) is 23.8 Å². The molecule has 0 aliphatic rings. The summed E-state index contributed by atoms with van der Waals surface area (Å²) in [6, 6.07) is 3.32. The minimum Gasteiger partial charge on any atom is -0.496 e. The van der Waals surface area contributed by atoms with Crippen LogP contribution in [0.5, 0.6) is 17.2 Å². The average molecular weight is 296 g/mol. The van der Waals surface area contributed by atoms with Gasteiger partial charge in [-0.1, -0.05) is 6.92 Å². The van der Waals surface area contributed by atoms with E-state index in [1.165, 1.54) is 0 Å². The van der Waals surface area contributed by atoms with Crippen LogP contribution in [0.3, 0.4) is 0 Å². The maximum Gasteiger partial charge on any atom is 0.224 e. The van der Waals surface area contributed by atoms with E-state index in [1.54, 1.807) is 47.3 Å². The molecule has 0 aliphatic carbocycles. The Morgan fingerprint density at radius 1 is 1.10 bits per heavy atom. The molecule has 0 heterocycles. The predicted molar refractivity (Wildman–Crippen MR) is 80.8 cm³/mol. The second-order valence-corrected chi connectivity index (χ2v) is 4.88. The fraction of sp³-hybridized carbons (Fsp3) is 0.533. The van der Waals surface area contributed by atoms with Gasteiger partial charge < -0.3 is 25.3 Å². The summed E-state index contributed by atoms with van der Waals surface area (Å²) in [6.45, 7) is 3.94. The van der Waals surface area contributed by atoms with Gasteiger partial charge in [0.05, 0.1) is 21.3 Å². The van der Waals surface area contributed by atoms with Crippen LogP contribution in [-0.2, 0) is 11.3 Å². The quantitative estimate of drug-likeness (QED) is 0.793. The number of hydrogen-bond acceptors (Lipinski definition) is 5. The summed E-state index contributed by atoms with van der Waals surface area (Å²) in [5.41, 5.74) is 6.53. The lowest BCUT2D eigenvalue weighted by molar-refractivity contribution is -0.125. The number of carbonyl (C=O) groups excluding carboxylic acids is 1. The standard InChI is InChI=1S/C15H24N2O4/c1-9(10(2)16)15(18)17-8-11-6-13(20-4)14(21-5)7-12(11)19-3/h6-7,9-10H,8,16H2,1-5H3,(H,17,18).